The number of hydrogen-bond donors (Lipinski definition) is 1. The van der Waals surface area contributed by atoms with Crippen molar-refractivity contribution >= 4 is 27.1 Å². The summed E-state index contributed by atoms with van der Waals surface area (Å²) in [5.74, 6) is -0.743. The molecular weight excluding hydrogens is 262 g/mol. The molecule has 1 fully saturated rings. The average molecular weight is 275 g/mol. The molecule has 0 radical (unpaired) electrons. The molecule has 1 aliphatic rings. The molecule has 0 saturated heterocycles. The van der Waals surface area contributed by atoms with Gasteiger partial charge in [0.15, 0.2) is 0 Å². The van der Waals surface area contributed by atoms with Gasteiger partial charge >= 0.3 is 0 Å². The summed E-state index contributed by atoms with van der Waals surface area (Å²) in [6.45, 7) is 0. The molecule has 0 bridgehead atoms. The Hall–Kier alpha value is -1.02. The maximum absolute atomic E-state index is 12.2. The minimum absolute atomic E-state index is 0.0561. The van der Waals surface area contributed by atoms with Crippen LogP contribution in [0.2, 0.25) is 0 Å². The first-order valence-electron chi connectivity index (χ1n) is 5.39. The SMILES string of the molecule is NC(=O)c1nnc(S(=O)(=O)C2CCCCC2)s1. The number of carbonyl (C=O) groups is 1. The van der Waals surface area contributed by atoms with Gasteiger partial charge in [0.2, 0.25) is 19.2 Å². The van der Waals surface area contributed by atoms with Gasteiger partial charge in [-0.15, -0.1) is 10.2 Å². The summed E-state index contributed by atoms with van der Waals surface area (Å²) in [5, 5.41) is 6.62. The lowest BCUT2D eigenvalue weighted by Crippen LogP contribution is -2.24. The molecule has 0 spiro atoms. The highest BCUT2D eigenvalue weighted by Gasteiger charge is 2.32. The van der Waals surface area contributed by atoms with E-state index in [0.717, 1.165) is 30.6 Å². The van der Waals surface area contributed by atoms with Crippen LogP contribution < -0.4 is 5.73 Å². The Morgan fingerprint density at radius 1 is 1.24 bits per heavy atom. The summed E-state index contributed by atoms with van der Waals surface area (Å²) in [5.41, 5.74) is 5.02. The van der Waals surface area contributed by atoms with Crippen molar-refractivity contribution in [2.75, 3.05) is 0 Å². The van der Waals surface area contributed by atoms with Gasteiger partial charge in [0.25, 0.3) is 5.91 Å². The lowest BCUT2D eigenvalue weighted by molar-refractivity contribution is 0.0999. The summed E-state index contributed by atoms with van der Waals surface area (Å²) >= 11 is 0.757. The van der Waals surface area contributed by atoms with Crippen molar-refractivity contribution in [2.45, 2.75) is 41.7 Å². The van der Waals surface area contributed by atoms with Gasteiger partial charge in [0, 0.05) is 0 Å². The molecule has 0 atom stereocenters. The fourth-order valence-corrected chi connectivity index (χ4v) is 4.88. The highest BCUT2D eigenvalue weighted by molar-refractivity contribution is 7.93. The predicted molar refractivity (Wildman–Crippen MR) is 62.5 cm³/mol. The Kier molecular flexibility index (Phi) is 3.43. The molecule has 2 rings (SSSR count). The van der Waals surface area contributed by atoms with Crippen LogP contribution in [0.3, 0.4) is 0 Å². The largest absolute Gasteiger partial charge is 0.363 e. The molecule has 94 valence electrons. The van der Waals surface area contributed by atoms with Crippen LogP contribution >= 0.6 is 11.3 Å². The second-order valence-corrected chi connectivity index (χ2v) is 7.42. The van der Waals surface area contributed by atoms with Gasteiger partial charge in [-0.1, -0.05) is 30.6 Å². The van der Waals surface area contributed by atoms with Crippen LogP contribution in [-0.2, 0) is 9.84 Å². The zero-order valence-corrected chi connectivity index (χ0v) is 10.8. The molecular formula is C9H13N3O3S2. The maximum atomic E-state index is 12.2. The number of nitrogens with two attached hydrogens (primary N) is 1. The van der Waals surface area contributed by atoms with Crippen molar-refractivity contribution in [3.05, 3.63) is 5.01 Å². The molecule has 1 saturated carbocycles. The van der Waals surface area contributed by atoms with Gasteiger partial charge < -0.3 is 5.73 Å². The smallest absolute Gasteiger partial charge is 0.279 e. The van der Waals surface area contributed by atoms with E-state index < -0.39 is 15.7 Å². The number of aromatic nitrogens is 2. The van der Waals surface area contributed by atoms with Crippen LogP contribution in [-0.4, -0.2) is 29.8 Å². The molecule has 1 aromatic rings. The number of rotatable bonds is 3. The maximum Gasteiger partial charge on any atom is 0.279 e. The van der Waals surface area contributed by atoms with E-state index in [4.69, 9.17) is 5.73 Å². The van der Waals surface area contributed by atoms with Crippen LogP contribution in [0.4, 0.5) is 0 Å². The summed E-state index contributed by atoms with van der Waals surface area (Å²) in [4.78, 5) is 10.9. The summed E-state index contributed by atoms with van der Waals surface area (Å²) < 4.78 is 24.3. The first kappa shape index (κ1) is 12.4. The van der Waals surface area contributed by atoms with Crippen molar-refractivity contribution in [3.8, 4) is 0 Å². The topological polar surface area (TPSA) is 103 Å². The summed E-state index contributed by atoms with van der Waals surface area (Å²) in [7, 11) is -3.44. The monoisotopic (exact) mass is 275 g/mol. The molecule has 0 aromatic carbocycles. The van der Waals surface area contributed by atoms with Gasteiger partial charge in [-0.3, -0.25) is 4.79 Å². The van der Waals surface area contributed by atoms with Gasteiger partial charge in [0.05, 0.1) is 5.25 Å². The molecule has 6 nitrogen and oxygen atoms in total. The molecule has 0 unspecified atom stereocenters. The average Bonchev–Trinajstić information content (AvgIpc) is 2.80. The fraction of sp³-hybridized carbons (Fsp3) is 0.667. The first-order chi connectivity index (χ1) is 8.01. The zero-order valence-electron chi connectivity index (χ0n) is 9.13. The third kappa shape index (κ3) is 2.47. The summed E-state index contributed by atoms with van der Waals surface area (Å²) in [6.07, 6.45) is 4.24. The molecule has 2 N–H and O–H groups in total. The highest BCUT2D eigenvalue weighted by atomic mass is 32.2. The van der Waals surface area contributed by atoms with E-state index in [9.17, 15) is 13.2 Å². The van der Waals surface area contributed by atoms with E-state index in [1.165, 1.54) is 0 Å². The number of carbonyl (C=O) groups excluding carboxylic acids is 1. The standard InChI is InChI=1S/C9H13N3O3S2/c10-7(13)8-11-12-9(16-8)17(14,15)6-4-2-1-3-5-6/h6H,1-5H2,(H2,10,13). The number of sulfone groups is 1. The third-order valence-corrected chi connectivity index (χ3v) is 6.45. The number of amides is 1. The Labute approximate surface area is 103 Å². The van der Waals surface area contributed by atoms with Crippen molar-refractivity contribution in [1.82, 2.24) is 10.2 Å². The Balaban J connectivity index is 2.27. The van der Waals surface area contributed by atoms with Gasteiger partial charge in [0.1, 0.15) is 0 Å². The van der Waals surface area contributed by atoms with Crippen LogP contribution in [0, 0.1) is 0 Å². The minimum Gasteiger partial charge on any atom is -0.363 e. The van der Waals surface area contributed by atoms with Gasteiger partial charge in [-0.05, 0) is 12.8 Å². The third-order valence-electron chi connectivity index (χ3n) is 2.85. The van der Waals surface area contributed by atoms with E-state index >= 15 is 0 Å². The highest BCUT2D eigenvalue weighted by Crippen LogP contribution is 2.29. The van der Waals surface area contributed by atoms with E-state index in [2.05, 4.69) is 10.2 Å². The number of nitrogens with zero attached hydrogens (tertiary/aromatic N) is 2. The summed E-state index contributed by atoms with van der Waals surface area (Å²) in [6, 6.07) is 0. The molecule has 1 heterocycles. The number of primary amides is 1. The molecule has 1 aromatic heterocycles. The van der Waals surface area contributed by atoms with Crippen LogP contribution in [0.1, 0.15) is 41.9 Å². The Morgan fingerprint density at radius 3 is 2.41 bits per heavy atom. The van der Waals surface area contributed by atoms with Crippen LogP contribution in [0.15, 0.2) is 4.34 Å². The lowest BCUT2D eigenvalue weighted by atomic mass is 10.0. The fourth-order valence-electron chi connectivity index (χ4n) is 1.94. The van der Waals surface area contributed by atoms with E-state index in [1.54, 1.807) is 0 Å². The first-order valence-corrected chi connectivity index (χ1v) is 7.75. The molecule has 1 amide bonds. The van der Waals surface area contributed by atoms with Crippen molar-refractivity contribution < 1.29 is 13.2 Å². The Bertz CT molecular complexity index is 517. The predicted octanol–water partition coefficient (Wildman–Crippen LogP) is 0.743. The normalized spacial score (nSPS) is 18.1. The zero-order chi connectivity index (χ0) is 12.5. The van der Waals surface area contributed by atoms with Gasteiger partial charge in [-0.25, -0.2) is 8.42 Å². The van der Waals surface area contributed by atoms with E-state index in [-0.39, 0.29) is 14.6 Å². The van der Waals surface area contributed by atoms with Crippen molar-refractivity contribution in [1.29, 1.82) is 0 Å². The second kappa shape index (κ2) is 4.69. The van der Waals surface area contributed by atoms with E-state index in [0.29, 0.717) is 12.8 Å². The minimum atomic E-state index is -3.44. The molecule has 17 heavy (non-hydrogen) atoms. The number of hydrogen-bond acceptors (Lipinski definition) is 6. The molecule has 1 aliphatic carbocycles. The van der Waals surface area contributed by atoms with Crippen molar-refractivity contribution in [2.24, 2.45) is 5.73 Å². The quantitative estimate of drug-likeness (QED) is 0.876. The van der Waals surface area contributed by atoms with Crippen LogP contribution in [0.25, 0.3) is 0 Å². The molecule has 0 aliphatic heterocycles. The van der Waals surface area contributed by atoms with E-state index in [1.807, 2.05) is 0 Å². The second-order valence-electron chi connectivity index (χ2n) is 4.04. The van der Waals surface area contributed by atoms with Crippen LogP contribution in [0.5, 0.6) is 0 Å². The lowest BCUT2D eigenvalue weighted by Gasteiger charge is -2.19. The molecule has 8 heteroatoms. The Morgan fingerprint density at radius 2 is 1.88 bits per heavy atom. The van der Waals surface area contributed by atoms with Crippen molar-refractivity contribution in [3.63, 3.8) is 0 Å². The van der Waals surface area contributed by atoms with Gasteiger partial charge in [-0.2, -0.15) is 0 Å².